The van der Waals surface area contributed by atoms with Crippen molar-refractivity contribution in [3.63, 3.8) is 0 Å². The Morgan fingerprint density at radius 2 is 1.84 bits per heavy atom. The number of amides is 1. The van der Waals surface area contributed by atoms with Crippen molar-refractivity contribution in [1.82, 2.24) is 4.90 Å². The second kappa shape index (κ2) is 7.41. The number of hydrogen-bond donors (Lipinski definition) is 1. The summed E-state index contributed by atoms with van der Waals surface area (Å²) >= 11 is 0. The summed E-state index contributed by atoms with van der Waals surface area (Å²) in [6, 6.07) is 7.66. The predicted octanol–water partition coefficient (Wildman–Crippen LogP) is 1.56. The summed E-state index contributed by atoms with van der Waals surface area (Å²) in [6.45, 7) is 0.574. The topological polar surface area (TPSA) is 66.8 Å². The number of carboxylic acid groups (broad SMARTS) is 1. The Labute approximate surface area is 112 Å². The first-order valence-electron chi connectivity index (χ1n) is 6.11. The lowest BCUT2D eigenvalue weighted by Gasteiger charge is -2.16. The number of ether oxygens (including phenoxy) is 1. The number of likely N-dealkylation sites (N-methyl/N-ethyl adjacent to an activating group) is 1. The Morgan fingerprint density at radius 3 is 2.37 bits per heavy atom. The van der Waals surface area contributed by atoms with Gasteiger partial charge in [0.25, 0.3) is 0 Å². The third kappa shape index (κ3) is 5.42. The number of hydrogen-bond acceptors (Lipinski definition) is 3. The molecule has 19 heavy (non-hydrogen) atoms. The number of carboxylic acids is 1. The van der Waals surface area contributed by atoms with E-state index in [1.165, 1.54) is 0 Å². The standard InChI is InChI=1S/C14H19NO4/c1-15(13(16)7-8-14(17)18)10-9-11-3-5-12(19-2)6-4-11/h3-6H,7-10H2,1-2H3,(H,17,18). The fourth-order valence-electron chi connectivity index (χ4n) is 1.62. The van der Waals surface area contributed by atoms with E-state index in [-0.39, 0.29) is 18.7 Å². The van der Waals surface area contributed by atoms with Crippen molar-refractivity contribution >= 4 is 11.9 Å². The van der Waals surface area contributed by atoms with Crippen LogP contribution in [0.3, 0.4) is 0 Å². The molecule has 0 bridgehead atoms. The molecule has 0 fully saturated rings. The summed E-state index contributed by atoms with van der Waals surface area (Å²) in [5.41, 5.74) is 1.11. The van der Waals surface area contributed by atoms with Crippen LogP contribution in [0, 0.1) is 0 Å². The average Bonchev–Trinajstić information content (AvgIpc) is 2.42. The Bertz CT molecular complexity index is 428. The zero-order valence-electron chi connectivity index (χ0n) is 11.3. The Morgan fingerprint density at radius 1 is 1.21 bits per heavy atom. The van der Waals surface area contributed by atoms with Crippen molar-refractivity contribution in [2.75, 3.05) is 20.7 Å². The van der Waals surface area contributed by atoms with Crippen molar-refractivity contribution in [2.45, 2.75) is 19.3 Å². The van der Waals surface area contributed by atoms with Gasteiger partial charge in [-0.25, -0.2) is 0 Å². The number of benzene rings is 1. The molecule has 0 saturated carbocycles. The monoisotopic (exact) mass is 265 g/mol. The molecule has 1 amide bonds. The van der Waals surface area contributed by atoms with Crippen LogP contribution in [-0.4, -0.2) is 42.6 Å². The van der Waals surface area contributed by atoms with Gasteiger partial charge in [0, 0.05) is 20.0 Å². The van der Waals surface area contributed by atoms with E-state index < -0.39 is 5.97 Å². The molecule has 0 atom stereocenters. The summed E-state index contributed by atoms with van der Waals surface area (Å²) in [5, 5.41) is 8.52. The molecule has 0 saturated heterocycles. The van der Waals surface area contributed by atoms with E-state index in [2.05, 4.69) is 0 Å². The average molecular weight is 265 g/mol. The number of carbonyl (C=O) groups is 2. The maximum absolute atomic E-state index is 11.6. The predicted molar refractivity (Wildman–Crippen MR) is 71.2 cm³/mol. The first-order chi connectivity index (χ1) is 9.02. The first kappa shape index (κ1) is 15.0. The highest BCUT2D eigenvalue weighted by molar-refractivity contribution is 5.80. The van der Waals surface area contributed by atoms with Gasteiger partial charge in [-0.05, 0) is 24.1 Å². The van der Waals surface area contributed by atoms with E-state index in [1.54, 1.807) is 19.1 Å². The van der Waals surface area contributed by atoms with E-state index in [4.69, 9.17) is 9.84 Å². The highest BCUT2D eigenvalue weighted by atomic mass is 16.5. The molecule has 5 heteroatoms. The number of nitrogens with zero attached hydrogens (tertiary/aromatic N) is 1. The van der Waals surface area contributed by atoms with Crippen LogP contribution in [0.15, 0.2) is 24.3 Å². The van der Waals surface area contributed by atoms with Gasteiger partial charge >= 0.3 is 5.97 Å². The number of carbonyl (C=O) groups excluding carboxylic acids is 1. The molecule has 1 aromatic rings. The highest BCUT2D eigenvalue weighted by Gasteiger charge is 2.10. The van der Waals surface area contributed by atoms with E-state index in [0.29, 0.717) is 6.54 Å². The second-order valence-electron chi connectivity index (χ2n) is 4.31. The molecular weight excluding hydrogens is 246 g/mol. The van der Waals surface area contributed by atoms with Crippen LogP contribution >= 0.6 is 0 Å². The lowest BCUT2D eigenvalue weighted by molar-refractivity contribution is -0.140. The van der Waals surface area contributed by atoms with E-state index >= 15 is 0 Å². The molecule has 1 N–H and O–H groups in total. The molecule has 104 valence electrons. The van der Waals surface area contributed by atoms with Gasteiger partial charge in [0.1, 0.15) is 5.75 Å². The smallest absolute Gasteiger partial charge is 0.303 e. The van der Waals surface area contributed by atoms with Crippen LogP contribution in [0.4, 0.5) is 0 Å². The molecule has 1 rings (SSSR count). The Balaban J connectivity index is 2.38. The minimum Gasteiger partial charge on any atom is -0.497 e. The molecule has 0 aliphatic carbocycles. The van der Waals surface area contributed by atoms with Crippen LogP contribution in [-0.2, 0) is 16.0 Å². The molecule has 1 aromatic carbocycles. The SMILES string of the molecule is COc1ccc(CCN(C)C(=O)CCC(=O)O)cc1. The molecule has 0 unspecified atom stereocenters. The molecule has 0 aliphatic heterocycles. The van der Waals surface area contributed by atoms with Gasteiger partial charge in [-0.1, -0.05) is 12.1 Å². The molecule has 5 nitrogen and oxygen atoms in total. The largest absolute Gasteiger partial charge is 0.497 e. The second-order valence-corrected chi connectivity index (χ2v) is 4.31. The molecule has 0 heterocycles. The van der Waals surface area contributed by atoms with Crippen molar-refractivity contribution in [3.05, 3.63) is 29.8 Å². The van der Waals surface area contributed by atoms with Crippen molar-refractivity contribution in [2.24, 2.45) is 0 Å². The minimum absolute atomic E-state index is 0.0500. The molecular formula is C14H19NO4. The lowest BCUT2D eigenvalue weighted by atomic mass is 10.1. The molecule has 0 spiro atoms. The van der Waals surface area contributed by atoms with Crippen LogP contribution in [0.5, 0.6) is 5.75 Å². The fraction of sp³-hybridized carbons (Fsp3) is 0.429. The number of rotatable bonds is 7. The van der Waals surface area contributed by atoms with Crippen molar-refractivity contribution in [3.8, 4) is 5.75 Å². The van der Waals surface area contributed by atoms with E-state index in [9.17, 15) is 9.59 Å². The molecule has 0 aliphatic rings. The zero-order valence-corrected chi connectivity index (χ0v) is 11.3. The van der Waals surface area contributed by atoms with Crippen molar-refractivity contribution in [1.29, 1.82) is 0 Å². The van der Waals surface area contributed by atoms with Crippen LogP contribution in [0.2, 0.25) is 0 Å². The van der Waals surface area contributed by atoms with Crippen molar-refractivity contribution < 1.29 is 19.4 Å². The van der Waals surface area contributed by atoms with Gasteiger partial charge in [0.05, 0.1) is 13.5 Å². The van der Waals surface area contributed by atoms with Crippen LogP contribution < -0.4 is 4.74 Å². The third-order valence-electron chi connectivity index (χ3n) is 2.87. The Kier molecular flexibility index (Phi) is 5.85. The quantitative estimate of drug-likeness (QED) is 0.812. The molecule has 0 aromatic heterocycles. The summed E-state index contributed by atoms with van der Waals surface area (Å²) < 4.78 is 5.07. The zero-order chi connectivity index (χ0) is 14.3. The van der Waals surface area contributed by atoms with Crippen LogP contribution in [0.1, 0.15) is 18.4 Å². The first-order valence-corrected chi connectivity index (χ1v) is 6.11. The van der Waals surface area contributed by atoms with Gasteiger partial charge in [0.2, 0.25) is 5.91 Å². The summed E-state index contributed by atoms with van der Waals surface area (Å²) in [6.07, 6.45) is 0.666. The van der Waals surface area contributed by atoms with E-state index in [1.807, 2.05) is 24.3 Å². The normalized spacial score (nSPS) is 10.0. The third-order valence-corrected chi connectivity index (χ3v) is 2.87. The summed E-state index contributed by atoms with van der Waals surface area (Å²) in [4.78, 5) is 23.6. The van der Waals surface area contributed by atoms with Crippen LogP contribution in [0.25, 0.3) is 0 Å². The Hall–Kier alpha value is -2.04. The maximum Gasteiger partial charge on any atom is 0.303 e. The van der Waals surface area contributed by atoms with E-state index in [0.717, 1.165) is 17.7 Å². The lowest BCUT2D eigenvalue weighted by Crippen LogP contribution is -2.29. The van der Waals surface area contributed by atoms with Gasteiger partial charge in [-0.3, -0.25) is 9.59 Å². The summed E-state index contributed by atoms with van der Waals surface area (Å²) in [7, 11) is 3.30. The molecule has 0 radical (unpaired) electrons. The maximum atomic E-state index is 11.6. The number of aliphatic carboxylic acids is 1. The minimum atomic E-state index is -0.947. The highest BCUT2D eigenvalue weighted by Crippen LogP contribution is 2.12. The number of methoxy groups -OCH3 is 1. The van der Waals surface area contributed by atoms with Gasteiger partial charge in [-0.2, -0.15) is 0 Å². The van der Waals surface area contributed by atoms with Gasteiger partial charge in [0.15, 0.2) is 0 Å². The van der Waals surface area contributed by atoms with Gasteiger partial charge < -0.3 is 14.7 Å². The fourth-order valence-corrected chi connectivity index (χ4v) is 1.62. The van der Waals surface area contributed by atoms with Gasteiger partial charge in [-0.15, -0.1) is 0 Å². The summed E-state index contributed by atoms with van der Waals surface area (Å²) in [5.74, 6) is -0.289.